The van der Waals surface area contributed by atoms with Crippen LogP contribution in [0.5, 0.6) is 0 Å². The van der Waals surface area contributed by atoms with Crippen LogP contribution in [0.2, 0.25) is 0 Å². The Labute approximate surface area is 163 Å². The minimum Gasteiger partial charge on any atom is -0.379 e. The van der Waals surface area contributed by atoms with Crippen LogP contribution in [-0.2, 0) is 4.74 Å². The van der Waals surface area contributed by atoms with E-state index in [2.05, 4.69) is 11.9 Å². The SMILES string of the molecule is Cc1nc2ccccc2c(=O)n1-c1ccc(C(=O)N2CCOCC(C)C2)cc1. The first-order valence-electron chi connectivity index (χ1n) is 9.50. The molecule has 6 heteroatoms. The van der Waals surface area contributed by atoms with E-state index in [1.807, 2.05) is 30.0 Å². The van der Waals surface area contributed by atoms with Gasteiger partial charge in [-0.2, -0.15) is 0 Å². The molecule has 2 aromatic carbocycles. The zero-order valence-electron chi connectivity index (χ0n) is 16.1. The van der Waals surface area contributed by atoms with Gasteiger partial charge in [-0.05, 0) is 49.2 Å². The van der Waals surface area contributed by atoms with Crippen LogP contribution in [-0.4, -0.2) is 46.7 Å². The summed E-state index contributed by atoms with van der Waals surface area (Å²) in [5, 5.41) is 0.576. The number of hydrogen-bond donors (Lipinski definition) is 0. The second kappa shape index (κ2) is 7.56. The minimum absolute atomic E-state index is 0.00962. The van der Waals surface area contributed by atoms with Crippen molar-refractivity contribution in [3.63, 3.8) is 0 Å². The lowest BCUT2D eigenvalue weighted by atomic mass is 10.1. The van der Waals surface area contributed by atoms with Gasteiger partial charge in [0, 0.05) is 18.7 Å². The van der Waals surface area contributed by atoms with Crippen molar-refractivity contribution < 1.29 is 9.53 Å². The maximum Gasteiger partial charge on any atom is 0.265 e. The van der Waals surface area contributed by atoms with Crippen LogP contribution in [0.1, 0.15) is 23.1 Å². The van der Waals surface area contributed by atoms with Gasteiger partial charge in [0.05, 0.1) is 29.8 Å². The van der Waals surface area contributed by atoms with Gasteiger partial charge in [0.2, 0.25) is 0 Å². The highest BCUT2D eigenvalue weighted by Gasteiger charge is 2.21. The van der Waals surface area contributed by atoms with Crippen LogP contribution < -0.4 is 5.56 Å². The van der Waals surface area contributed by atoms with E-state index in [4.69, 9.17) is 4.74 Å². The molecule has 1 saturated heterocycles. The van der Waals surface area contributed by atoms with Crippen LogP contribution in [0.3, 0.4) is 0 Å². The van der Waals surface area contributed by atoms with Gasteiger partial charge in [0.1, 0.15) is 5.82 Å². The maximum absolute atomic E-state index is 12.9. The normalized spacial score (nSPS) is 17.5. The Morgan fingerprint density at radius 2 is 1.89 bits per heavy atom. The summed E-state index contributed by atoms with van der Waals surface area (Å²) in [5.41, 5.74) is 1.88. The molecule has 28 heavy (non-hydrogen) atoms. The molecule has 0 saturated carbocycles. The van der Waals surface area contributed by atoms with E-state index in [0.29, 0.717) is 60.2 Å². The molecule has 1 aromatic heterocycles. The molecule has 144 valence electrons. The number of fused-ring (bicyclic) bond motifs is 1. The van der Waals surface area contributed by atoms with Crippen LogP contribution in [0, 0.1) is 12.8 Å². The van der Waals surface area contributed by atoms with Gasteiger partial charge in [-0.25, -0.2) is 4.98 Å². The van der Waals surface area contributed by atoms with Crippen LogP contribution in [0.4, 0.5) is 0 Å². The topological polar surface area (TPSA) is 64.4 Å². The number of carbonyl (C=O) groups excluding carboxylic acids is 1. The molecule has 3 aromatic rings. The van der Waals surface area contributed by atoms with Gasteiger partial charge < -0.3 is 9.64 Å². The second-order valence-corrected chi connectivity index (χ2v) is 7.29. The van der Waals surface area contributed by atoms with Crippen molar-refractivity contribution in [2.24, 2.45) is 5.92 Å². The van der Waals surface area contributed by atoms with E-state index < -0.39 is 0 Å². The first-order valence-corrected chi connectivity index (χ1v) is 9.50. The molecule has 1 aliphatic heterocycles. The minimum atomic E-state index is -0.110. The number of amides is 1. The molecule has 1 atom stereocenters. The highest BCUT2D eigenvalue weighted by Crippen LogP contribution is 2.16. The summed E-state index contributed by atoms with van der Waals surface area (Å²) in [7, 11) is 0. The first kappa shape index (κ1) is 18.4. The number of ether oxygens (including phenoxy) is 1. The molecule has 4 rings (SSSR count). The molecular formula is C22H23N3O3. The second-order valence-electron chi connectivity index (χ2n) is 7.29. The monoisotopic (exact) mass is 377 g/mol. The molecule has 1 fully saturated rings. The Kier molecular flexibility index (Phi) is 4.96. The number of hydrogen-bond acceptors (Lipinski definition) is 4. The molecule has 0 aliphatic carbocycles. The molecule has 1 aliphatic rings. The smallest absolute Gasteiger partial charge is 0.265 e. The number of aryl methyl sites for hydroxylation is 1. The fourth-order valence-corrected chi connectivity index (χ4v) is 3.65. The Bertz CT molecular complexity index is 1070. The summed E-state index contributed by atoms with van der Waals surface area (Å²) in [6.45, 7) is 6.42. The number of nitrogens with zero attached hydrogens (tertiary/aromatic N) is 3. The Morgan fingerprint density at radius 3 is 2.68 bits per heavy atom. The van der Waals surface area contributed by atoms with E-state index >= 15 is 0 Å². The molecule has 0 N–H and O–H groups in total. The van der Waals surface area contributed by atoms with Gasteiger partial charge in [-0.3, -0.25) is 14.2 Å². The predicted octanol–water partition coefficient (Wildman–Crippen LogP) is 2.80. The fourth-order valence-electron chi connectivity index (χ4n) is 3.65. The molecule has 6 nitrogen and oxygen atoms in total. The van der Waals surface area contributed by atoms with Crippen LogP contribution >= 0.6 is 0 Å². The predicted molar refractivity (Wildman–Crippen MR) is 108 cm³/mol. The standard InChI is InChI=1S/C22H23N3O3/c1-15-13-24(11-12-28-14-15)21(26)17-7-9-18(10-8-17)25-16(2)23-20-6-4-3-5-19(20)22(25)27/h3-10,15H,11-14H2,1-2H3. The molecular weight excluding hydrogens is 354 g/mol. The number of carbonyl (C=O) groups is 1. The van der Waals surface area contributed by atoms with E-state index in [9.17, 15) is 9.59 Å². The number of benzene rings is 2. The molecule has 0 spiro atoms. The largest absolute Gasteiger partial charge is 0.379 e. The zero-order valence-corrected chi connectivity index (χ0v) is 16.1. The lowest BCUT2D eigenvalue weighted by molar-refractivity contribution is 0.0738. The maximum atomic E-state index is 12.9. The zero-order chi connectivity index (χ0) is 19.7. The molecule has 0 radical (unpaired) electrons. The highest BCUT2D eigenvalue weighted by molar-refractivity contribution is 5.94. The summed E-state index contributed by atoms with van der Waals surface area (Å²) < 4.78 is 7.10. The van der Waals surface area contributed by atoms with Gasteiger partial charge in [0.15, 0.2) is 0 Å². The Balaban J connectivity index is 1.66. The Morgan fingerprint density at radius 1 is 1.14 bits per heavy atom. The van der Waals surface area contributed by atoms with Crippen molar-refractivity contribution in [3.05, 3.63) is 70.3 Å². The van der Waals surface area contributed by atoms with Crippen molar-refractivity contribution in [2.75, 3.05) is 26.3 Å². The molecule has 2 heterocycles. The molecule has 1 unspecified atom stereocenters. The van der Waals surface area contributed by atoms with Gasteiger partial charge in [-0.15, -0.1) is 0 Å². The quantitative estimate of drug-likeness (QED) is 0.689. The average Bonchev–Trinajstić information content (AvgIpc) is 2.92. The van der Waals surface area contributed by atoms with E-state index in [1.165, 1.54) is 0 Å². The van der Waals surface area contributed by atoms with Crippen LogP contribution in [0.25, 0.3) is 16.6 Å². The summed E-state index contributed by atoms with van der Waals surface area (Å²) in [6, 6.07) is 14.5. The highest BCUT2D eigenvalue weighted by atomic mass is 16.5. The summed E-state index contributed by atoms with van der Waals surface area (Å²) in [6.07, 6.45) is 0. The first-order chi connectivity index (χ1) is 13.5. The average molecular weight is 377 g/mol. The van der Waals surface area contributed by atoms with Crippen molar-refractivity contribution >= 4 is 16.8 Å². The number of rotatable bonds is 2. The number of aromatic nitrogens is 2. The van der Waals surface area contributed by atoms with Crippen molar-refractivity contribution in [1.29, 1.82) is 0 Å². The summed E-state index contributed by atoms with van der Waals surface area (Å²) in [5.74, 6) is 0.918. The third-order valence-corrected chi connectivity index (χ3v) is 5.04. The van der Waals surface area contributed by atoms with Crippen LogP contribution in [0.15, 0.2) is 53.3 Å². The van der Waals surface area contributed by atoms with Crippen molar-refractivity contribution in [1.82, 2.24) is 14.5 Å². The molecule has 1 amide bonds. The van der Waals surface area contributed by atoms with Crippen molar-refractivity contribution in [3.8, 4) is 5.69 Å². The van der Waals surface area contributed by atoms with E-state index in [-0.39, 0.29) is 11.5 Å². The summed E-state index contributed by atoms with van der Waals surface area (Å²) >= 11 is 0. The Hall–Kier alpha value is -2.99. The van der Waals surface area contributed by atoms with Gasteiger partial charge in [0.25, 0.3) is 11.5 Å². The third kappa shape index (κ3) is 3.43. The van der Waals surface area contributed by atoms with Gasteiger partial charge >= 0.3 is 0 Å². The van der Waals surface area contributed by atoms with E-state index in [0.717, 1.165) is 0 Å². The third-order valence-electron chi connectivity index (χ3n) is 5.04. The summed E-state index contributed by atoms with van der Waals surface area (Å²) in [4.78, 5) is 32.1. The lowest BCUT2D eigenvalue weighted by Crippen LogP contribution is -2.35. The fraction of sp³-hybridized carbons (Fsp3) is 0.318. The van der Waals surface area contributed by atoms with E-state index in [1.54, 1.807) is 34.9 Å². The number of para-hydroxylation sites is 1. The van der Waals surface area contributed by atoms with Crippen molar-refractivity contribution in [2.45, 2.75) is 13.8 Å². The molecule has 0 bridgehead atoms. The lowest BCUT2D eigenvalue weighted by Gasteiger charge is -2.22. The van der Waals surface area contributed by atoms with Gasteiger partial charge in [-0.1, -0.05) is 19.1 Å².